The van der Waals surface area contributed by atoms with Crippen LogP contribution in [-0.4, -0.2) is 37.7 Å². The zero-order valence-electron chi connectivity index (χ0n) is 11.7. The van der Waals surface area contributed by atoms with Gasteiger partial charge in [0.25, 0.3) is 5.91 Å². The molecule has 1 atom stereocenters. The van der Waals surface area contributed by atoms with Gasteiger partial charge in [-0.1, -0.05) is 23.2 Å². The summed E-state index contributed by atoms with van der Waals surface area (Å²) in [6.07, 6.45) is 5.65. The van der Waals surface area contributed by atoms with Crippen LogP contribution in [-0.2, 0) is 13.6 Å². The molecule has 3 heterocycles. The van der Waals surface area contributed by atoms with Crippen molar-refractivity contribution >= 4 is 29.1 Å². The van der Waals surface area contributed by atoms with Crippen LogP contribution in [0.1, 0.15) is 23.3 Å². The van der Waals surface area contributed by atoms with Crippen molar-refractivity contribution in [1.29, 1.82) is 0 Å². The SMILES string of the molecule is Cn1c(C(=O)N2CCCC2Cn2cccn2)cc(Cl)c1Cl. The first kappa shape index (κ1) is 14.5. The molecule has 21 heavy (non-hydrogen) atoms. The molecule has 1 saturated heterocycles. The van der Waals surface area contributed by atoms with Crippen molar-refractivity contribution in [3.8, 4) is 0 Å². The number of rotatable bonds is 3. The minimum Gasteiger partial charge on any atom is -0.333 e. The summed E-state index contributed by atoms with van der Waals surface area (Å²) in [4.78, 5) is 14.6. The fourth-order valence-electron chi connectivity index (χ4n) is 2.81. The predicted molar refractivity (Wildman–Crippen MR) is 81.7 cm³/mol. The summed E-state index contributed by atoms with van der Waals surface area (Å²) in [6, 6.07) is 3.68. The van der Waals surface area contributed by atoms with Gasteiger partial charge in [0.15, 0.2) is 0 Å². The normalized spacial score (nSPS) is 18.4. The van der Waals surface area contributed by atoms with Gasteiger partial charge < -0.3 is 9.47 Å². The van der Waals surface area contributed by atoms with Gasteiger partial charge in [-0.05, 0) is 25.0 Å². The minimum absolute atomic E-state index is 0.0269. The van der Waals surface area contributed by atoms with E-state index in [4.69, 9.17) is 23.2 Å². The molecule has 1 aliphatic heterocycles. The molecule has 1 fully saturated rings. The standard InChI is InChI=1S/C14H16Cl2N4O/c1-18-12(8-11(15)13(18)16)14(21)20-7-2-4-10(20)9-19-6-3-5-17-19/h3,5-6,8,10H,2,4,7,9H2,1H3. The number of hydrogen-bond acceptors (Lipinski definition) is 2. The largest absolute Gasteiger partial charge is 0.333 e. The fraction of sp³-hybridized carbons (Fsp3) is 0.429. The van der Waals surface area contributed by atoms with E-state index in [9.17, 15) is 4.79 Å². The maximum atomic E-state index is 12.7. The van der Waals surface area contributed by atoms with E-state index >= 15 is 0 Å². The summed E-state index contributed by atoms with van der Waals surface area (Å²) >= 11 is 12.0. The van der Waals surface area contributed by atoms with Crippen molar-refractivity contribution in [1.82, 2.24) is 19.2 Å². The Labute approximate surface area is 133 Å². The van der Waals surface area contributed by atoms with Gasteiger partial charge in [0.1, 0.15) is 10.8 Å². The highest BCUT2D eigenvalue weighted by molar-refractivity contribution is 6.41. The second-order valence-corrected chi connectivity index (χ2v) is 6.02. The zero-order chi connectivity index (χ0) is 15.0. The van der Waals surface area contributed by atoms with Crippen LogP contribution in [0.4, 0.5) is 0 Å². The molecule has 112 valence electrons. The number of likely N-dealkylation sites (tertiary alicyclic amines) is 1. The number of aromatic nitrogens is 3. The van der Waals surface area contributed by atoms with Gasteiger partial charge in [0.2, 0.25) is 0 Å². The highest BCUT2D eigenvalue weighted by Crippen LogP contribution is 2.28. The molecule has 0 bridgehead atoms. The molecule has 0 aromatic carbocycles. The highest BCUT2D eigenvalue weighted by Gasteiger charge is 2.31. The van der Waals surface area contributed by atoms with Crippen molar-refractivity contribution < 1.29 is 4.79 Å². The smallest absolute Gasteiger partial charge is 0.270 e. The monoisotopic (exact) mass is 326 g/mol. The number of nitrogens with zero attached hydrogens (tertiary/aromatic N) is 4. The average Bonchev–Trinajstić information content (AvgIpc) is 3.18. The number of carbonyl (C=O) groups is 1. The maximum absolute atomic E-state index is 12.7. The fourth-order valence-corrected chi connectivity index (χ4v) is 3.19. The lowest BCUT2D eigenvalue weighted by molar-refractivity contribution is 0.0712. The Morgan fingerprint density at radius 3 is 2.90 bits per heavy atom. The van der Waals surface area contributed by atoms with E-state index in [0.717, 1.165) is 19.4 Å². The van der Waals surface area contributed by atoms with Crippen molar-refractivity contribution in [3.05, 3.63) is 40.4 Å². The topological polar surface area (TPSA) is 43.1 Å². The van der Waals surface area contributed by atoms with Gasteiger partial charge in [-0.25, -0.2) is 0 Å². The second kappa shape index (κ2) is 5.73. The van der Waals surface area contributed by atoms with Crippen LogP contribution in [0.3, 0.4) is 0 Å². The third-order valence-electron chi connectivity index (χ3n) is 3.93. The van der Waals surface area contributed by atoms with Crippen LogP contribution in [0, 0.1) is 0 Å². The van der Waals surface area contributed by atoms with E-state index in [2.05, 4.69) is 5.10 Å². The Hall–Kier alpha value is -1.46. The molecular formula is C14H16Cl2N4O. The lowest BCUT2D eigenvalue weighted by atomic mass is 10.2. The summed E-state index contributed by atoms with van der Waals surface area (Å²) in [6.45, 7) is 1.47. The number of hydrogen-bond donors (Lipinski definition) is 0. The van der Waals surface area contributed by atoms with Crippen LogP contribution in [0.25, 0.3) is 0 Å². The molecule has 2 aromatic rings. The highest BCUT2D eigenvalue weighted by atomic mass is 35.5. The summed E-state index contributed by atoms with van der Waals surface area (Å²) < 4.78 is 3.50. The third-order valence-corrected chi connectivity index (χ3v) is 4.77. The molecule has 5 nitrogen and oxygen atoms in total. The Bertz CT molecular complexity index is 650. The van der Waals surface area contributed by atoms with E-state index in [1.807, 2.05) is 21.8 Å². The molecule has 1 aliphatic rings. The van der Waals surface area contributed by atoms with Gasteiger partial charge in [-0.3, -0.25) is 9.48 Å². The molecular weight excluding hydrogens is 311 g/mol. The van der Waals surface area contributed by atoms with Gasteiger partial charge in [-0.15, -0.1) is 0 Å². The van der Waals surface area contributed by atoms with Crippen molar-refractivity contribution in [2.45, 2.75) is 25.4 Å². The predicted octanol–water partition coefficient (Wildman–Crippen LogP) is 2.83. The van der Waals surface area contributed by atoms with Crippen molar-refractivity contribution in [2.24, 2.45) is 7.05 Å². The van der Waals surface area contributed by atoms with Crippen molar-refractivity contribution in [3.63, 3.8) is 0 Å². The number of halogens is 2. The molecule has 0 radical (unpaired) electrons. The molecule has 0 spiro atoms. The second-order valence-electron chi connectivity index (χ2n) is 5.25. The van der Waals surface area contributed by atoms with E-state index in [1.165, 1.54) is 0 Å². The van der Waals surface area contributed by atoms with Crippen LogP contribution in [0.5, 0.6) is 0 Å². The first-order valence-electron chi connectivity index (χ1n) is 6.87. The molecule has 0 saturated carbocycles. The van der Waals surface area contributed by atoms with Gasteiger partial charge in [-0.2, -0.15) is 5.10 Å². The summed E-state index contributed by atoms with van der Waals surface area (Å²) in [7, 11) is 1.75. The molecule has 1 unspecified atom stereocenters. The number of carbonyl (C=O) groups excluding carboxylic acids is 1. The van der Waals surface area contributed by atoms with Gasteiger partial charge in [0, 0.05) is 26.0 Å². The molecule has 1 amide bonds. The van der Waals surface area contributed by atoms with E-state index in [-0.39, 0.29) is 11.9 Å². The first-order valence-corrected chi connectivity index (χ1v) is 7.62. The molecule has 0 aliphatic carbocycles. The average molecular weight is 327 g/mol. The van der Waals surface area contributed by atoms with Gasteiger partial charge >= 0.3 is 0 Å². The minimum atomic E-state index is -0.0269. The van der Waals surface area contributed by atoms with Gasteiger partial charge in [0.05, 0.1) is 17.6 Å². The Morgan fingerprint density at radius 2 is 2.29 bits per heavy atom. The van der Waals surface area contributed by atoms with Crippen molar-refractivity contribution in [2.75, 3.05) is 6.54 Å². The third kappa shape index (κ3) is 2.68. The number of amides is 1. The quantitative estimate of drug-likeness (QED) is 0.870. The zero-order valence-corrected chi connectivity index (χ0v) is 13.2. The Balaban J connectivity index is 1.81. The summed E-state index contributed by atoms with van der Waals surface area (Å²) in [5.41, 5.74) is 0.525. The lowest BCUT2D eigenvalue weighted by Gasteiger charge is -2.25. The van der Waals surface area contributed by atoms with Crippen LogP contribution >= 0.6 is 23.2 Å². The van der Waals surface area contributed by atoms with Crippen LogP contribution < -0.4 is 0 Å². The molecule has 0 N–H and O–H groups in total. The lowest BCUT2D eigenvalue weighted by Crippen LogP contribution is -2.39. The molecule has 7 heteroatoms. The molecule has 2 aromatic heterocycles. The van der Waals surface area contributed by atoms with E-state index < -0.39 is 0 Å². The summed E-state index contributed by atoms with van der Waals surface area (Å²) in [5, 5.41) is 5.01. The Kier molecular flexibility index (Phi) is 3.95. The van der Waals surface area contributed by atoms with E-state index in [1.54, 1.807) is 23.9 Å². The summed E-state index contributed by atoms with van der Waals surface area (Å²) in [5.74, 6) is -0.0269. The maximum Gasteiger partial charge on any atom is 0.270 e. The first-order chi connectivity index (χ1) is 10.1. The van der Waals surface area contributed by atoms with Crippen LogP contribution in [0.2, 0.25) is 10.2 Å². The molecule has 3 rings (SSSR count). The Morgan fingerprint density at radius 1 is 1.48 bits per heavy atom. The van der Waals surface area contributed by atoms with Crippen LogP contribution in [0.15, 0.2) is 24.5 Å². The van der Waals surface area contributed by atoms with E-state index in [0.29, 0.717) is 22.4 Å².